The zero-order valence-electron chi connectivity index (χ0n) is 17.1. The van der Waals surface area contributed by atoms with Crippen LogP contribution in [0.15, 0.2) is 24.4 Å². The third kappa shape index (κ3) is 6.35. The lowest BCUT2D eigenvalue weighted by Gasteiger charge is -2.21. The van der Waals surface area contributed by atoms with Crippen molar-refractivity contribution < 1.29 is 4.79 Å². The summed E-state index contributed by atoms with van der Waals surface area (Å²) in [6.45, 7) is 15.6. The molecule has 1 heterocycles. The second-order valence-electron chi connectivity index (χ2n) is 6.88. The number of hydrogen-bond donors (Lipinski definition) is 3. The Labute approximate surface area is 156 Å². The van der Waals surface area contributed by atoms with Crippen LogP contribution in [0.2, 0.25) is 0 Å². The SMILES string of the molecule is CC.CC(=O)Nc1cccc(Nc2nc(NC(C)(C)C)ncc2C)c1C. The molecule has 2 rings (SSSR count). The topological polar surface area (TPSA) is 78.9 Å². The van der Waals surface area contributed by atoms with E-state index in [2.05, 4.69) is 46.7 Å². The summed E-state index contributed by atoms with van der Waals surface area (Å²) in [6.07, 6.45) is 1.79. The normalized spacial score (nSPS) is 10.5. The van der Waals surface area contributed by atoms with E-state index >= 15 is 0 Å². The van der Waals surface area contributed by atoms with E-state index in [-0.39, 0.29) is 11.4 Å². The van der Waals surface area contributed by atoms with E-state index in [1.54, 1.807) is 6.20 Å². The maximum Gasteiger partial charge on any atom is 0.225 e. The second-order valence-corrected chi connectivity index (χ2v) is 6.88. The van der Waals surface area contributed by atoms with Crippen molar-refractivity contribution in [2.75, 3.05) is 16.0 Å². The summed E-state index contributed by atoms with van der Waals surface area (Å²) in [7, 11) is 0. The Hall–Kier alpha value is -2.63. The minimum atomic E-state index is -0.117. The van der Waals surface area contributed by atoms with Crippen molar-refractivity contribution in [1.29, 1.82) is 0 Å². The van der Waals surface area contributed by atoms with Crippen molar-refractivity contribution in [3.63, 3.8) is 0 Å². The van der Waals surface area contributed by atoms with Crippen molar-refractivity contribution in [1.82, 2.24) is 9.97 Å². The van der Waals surface area contributed by atoms with Gasteiger partial charge < -0.3 is 16.0 Å². The van der Waals surface area contributed by atoms with Crippen molar-refractivity contribution in [2.24, 2.45) is 0 Å². The molecule has 0 aliphatic carbocycles. The van der Waals surface area contributed by atoms with E-state index in [0.717, 1.165) is 28.3 Å². The molecule has 0 saturated heterocycles. The maximum absolute atomic E-state index is 11.3. The van der Waals surface area contributed by atoms with Gasteiger partial charge in [0, 0.05) is 35.6 Å². The van der Waals surface area contributed by atoms with Crippen LogP contribution < -0.4 is 16.0 Å². The first-order valence-corrected chi connectivity index (χ1v) is 8.92. The lowest BCUT2D eigenvalue weighted by atomic mass is 10.1. The molecule has 0 bridgehead atoms. The van der Waals surface area contributed by atoms with Crippen LogP contribution >= 0.6 is 0 Å². The van der Waals surface area contributed by atoms with Crippen LogP contribution in [0, 0.1) is 13.8 Å². The summed E-state index contributed by atoms with van der Waals surface area (Å²) in [5, 5.41) is 9.44. The molecule has 0 saturated carbocycles. The summed E-state index contributed by atoms with van der Waals surface area (Å²) in [4.78, 5) is 20.2. The van der Waals surface area contributed by atoms with Gasteiger partial charge in [-0.3, -0.25) is 4.79 Å². The van der Waals surface area contributed by atoms with E-state index in [0.29, 0.717) is 5.95 Å². The van der Waals surface area contributed by atoms with Crippen molar-refractivity contribution >= 4 is 29.0 Å². The van der Waals surface area contributed by atoms with Crippen LogP contribution in [0.4, 0.5) is 23.1 Å². The molecular formula is C20H31N5O. The molecule has 0 unspecified atom stereocenters. The third-order valence-corrected chi connectivity index (χ3v) is 3.36. The summed E-state index contributed by atoms with van der Waals surface area (Å²) >= 11 is 0. The van der Waals surface area contributed by atoms with Crippen molar-refractivity contribution in [3.8, 4) is 0 Å². The first kappa shape index (κ1) is 21.4. The quantitative estimate of drug-likeness (QED) is 0.715. The molecule has 142 valence electrons. The Morgan fingerprint density at radius 1 is 1.08 bits per heavy atom. The smallest absolute Gasteiger partial charge is 0.225 e. The van der Waals surface area contributed by atoms with Gasteiger partial charge in [-0.2, -0.15) is 4.98 Å². The van der Waals surface area contributed by atoms with E-state index in [1.807, 2.05) is 45.9 Å². The van der Waals surface area contributed by atoms with Gasteiger partial charge in [-0.25, -0.2) is 4.98 Å². The Morgan fingerprint density at radius 2 is 1.69 bits per heavy atom. The van der Waals surface area contributed by atoms with Gasteiger partial charge in [-0.05, 0) is 52.3 Å². The van der Waals surface area contributed by atoms with E-state index in [1.165, 1.54) is 6.92 Å². The Morgan fingerprint density at radius 3 is 2.27 bits per heavy atom. The van der Waals surface area contributed by atoms with Crippen LogP contribution in [0.25, 0.3) is 0 Å². The molecule has 0 aliphatic heterocycles. The molecule has 0 atom stereocenters. The number of carbonyl (C=O) groups excluding carboxylic acids is 1. The number of aromatic nitrogens is 2. The molecule has 3 N–H and O–H groups in total. The first-order chi connectivity index (χ1) is 12.2. The van der Waals surface area contributed by atoms with Crippen LogP contribution in [-0.4, -0.2) is 21.4 Å². The standard InChI is InChI=1S/C18H25N5O.C2H6/c1-11-10-19-17(23-18(4,5)6)22-16(11)21-15-9-7-8-14(12(15)2)20-13(3)24;1-2/h7-10H,1-6H3,(H,20,24)(H2,19,21,22,23);1-2H3. The molecule has 2 aromatic rings. The number of amides is 1. The molecule has 1 aromatic carbocycles. The number of nitrogens with one attached hydrogen (secondary N) is 3. The van der Waals surface area contributed by atoms with Gasteiger partial charge in [-0.15, -0.1) is 0 Å². The highest BCUT2D eigenvalue weighted by atomic mass is 16.1. The Bertz CT molecular complexity index is 750. The number of anilines is 4. The number of nitrogens with zero attached hydrogens (tertiary/aromatic N) is 2. The van der Waals surface area contributed by atoms with Crippen LogP contribution in [-0.2, 0) is 4.79 Å². The zero-order valence-corrected chi connectivity index (χ0v) is 17.1. The van der Waals surface area contributed by atoms with Crippen molar-refractivity contribution in [3.05, 3.63) is 35.5 Å². The highest BCUT2D eigenvalue weighted by molar-refractivity contribution is 5.90. The first-order valence-electron chi connectivity index (χ1n) is 8.92. The molecule has 1 aromatic heterocycles. The van der Waals surface area contributed by atoms with Crippen molar-refractivity contribution in [2.45, 2.75) is 60.9 Å². The van der Waals surface area contributed by atoms with Gasteiger partial charge in [0.2, 0.25) is 11.9 Å². The predicted molar refractivity (Wildman–Crippen MR) is 110 cm³/mol. The zero-order chi connectivity index (χ0) is 19.9. The van der Waals surface area contributed by atoms with Crippen LogP contribution in [0.3, 0.4) is 0 Å². The lowest BCUT2D eigenvalue weighted by Crippen LogP contribution is -2.27. The monoisotopic (exact) mass is 357 g/mol. The van der Waals surface area contributed by atoms with Crippen LogP contribution in [0.5, 0.6) is 0 Å². The van der Waals surface area contributed by atoms with Gasteiger partial charge in [0.25, 0.3) is 0 Å². The fourth-order valence-corrected chi connectivity index (χ4v) is 2.19. The molecule has 6 nitrogen and oxygen atoms in total. The van der Waals surface area contributed by atoms with Gasteiger partial charge in [-0.1, -0.05) is 19.9 Å². The molecule has 6 heteroatoms. The maximum atomic E-state index is 11.3. The van der Waals surface area contributed by atoms with E-state index in [9.17, 15) is 4.79 Å². The average molecular weight is 358 g/mol. The van der Waals surface area contributed by atoms with Gasteiger partial charge in [0.05, 0.1) is 0 Å². The highest BCUT2D eigenvalue weighted by Gasteiger charge is 2.13. The fourth-order valence-electron chi connectivity index (χ4n) is 2.19. The molecular weight excluding hydrogens is 326 g/mol. The Kier molecular flexibility index (Phi) is 7.56. The lowest BCUT2D eigenvalue weighted by molar-refractivity contribution is -0.114. The number of aryl methyl sites for hydroxylation is 1. The molecule has 0 spiro atoms. The molecule has 0 fully saturated rings. The third-order valence-electron chi connectivity index (χ3n) is 3.36. The minimum Gasteiger partial charge on any atom is -0.350 e. The van der Waals surface area contributed by atoms with Gasteiger partial charge in [0.1, 0.15) is 5.82 Å². The number of hydrogen-bond acceptors (Lipinski definition) is 5. The summed E-state index contributed by atoms with van der Waals surface area (Å²) in [5.74, 6) is 1.22. The highest BCUT2D eigenvalue weighted by Crippen LogP contribution is 2.27. The van der Waals surface area contributed by atoms with Gasteiger partial charge in [0.15, 0.2) is 0 Å². The number of rotatable bonds is 4. The minimum absolute atomic E-state index is 0.0925. The van der Waals surface area contributed by atoms with E-state index < -0.39 is 0 Å². The average Bonchev–Trinajstić information content (AvgIpc) is 2.54. The molecule has 1 amide bonds. The molecule has 0 aliphatic rings. The second kappa shape index (κ2) is 9.17. The summed E-state index contributed by atoms with van der Waals surface area (Å²) < 4.78 is 0. The van der Waals surface area contributed by atoms with E-state index in [4.69, 9.17) is 0 Å². The molecule has 0 radical (unpaired) electrons. The Balaban J connectivity index is 0.00000163. The largest absolute Gasteiger partial charge is 0.350 e. The fraction of sp³-hybridized carbons (Fsp3) is 0.450. The predicted octanol–water partition coefficient (Wildman–Crippen LogP) is 5.03. The van der Waals surface area contributed by atoms with Gasteiger partial charge >= 0.3 is 0 Å². The number of carbonyl (C=O) groups is 1. The number of benzene rings is 1. The summed E-state index contributed by atoms with van der Waals surface area (Å²) in [5.41, 5.74) is 3.46. The van der Waals surface area contributed by atoms with Crippen LogP contribution in [0.1, 0.15) is 52.7 Å². The summed E-state index contributed by atoms with van der Waals surface area (Å²) in [6, 6.07) is 5.73. The molecule has 26 heavy (non-hydrogen) atoms.